The van der Waals surface area contributed by atoms with Gasteiger partial charge in [0.25, 0.3) is 0 Å². The number of carbonyl (C=O) groups excluding carboxylic acids is 1. The molecule has 1 atom stereocenters. The highest BCUT2D eigenvalue weighted by Crippen LogP contribution is 2.14. The van der Waals surface area contributed by atoms with Gasteiger partial charge in [0.2, 0.25) is 5.91 Å². The summed E-state index contributed by atoms with van der Waals surface area (Å²) in [6.45, 7) is 3.64. The fourth-order valence-corrected chi connectivity index (χ4v) is 1.68. The number of anilines is 1. The summed E-state index contributed by atoms with van der Waals surface area (Å²) < 4.78 is 0. The summed E-state index contributed by atoms with van der Waals surface area (Å²) in [5.41, 5.74) is 7.11. The first-order chi connectivity index (χ1) is 8.32. The predicted octanol–water partition coefficient (Wildman–Crippen LogP) is 0.913. The molecule has 1 rings (SSSR count). The number of hydrogen-bond acceptors (Lipinski definition) is 4. The van der Waals surface area contributed by atoms with Crippen molar-refractivity contribution in [2.24, 2.45) is 5.73 Å². The summed E-state index contributed by atoms with van der Waals surface area (Å²) in [6.07, 6.45) is 0. The van der Waals surface area contributed by atoms with Gasteiger partial charge in [-0.05, 0) is 26.0 Å². The second-order valence-electron chi connectivity index (χ2n) is 4.31. The summed E-state index contributed by atoms with van der Waals surface area (Å²) in [5.74, 6) is 0.511. The van der Waals surface area contributed by atoms with Crippen molar-refractivity contribution in [1.82, 2.24) is 9.88 Å². The van der Waals surface area contributed by atoms with Crippen molar-refractivity contribution >= 4 is 28.9 Å². The lowest BCUT2D eigenvalue weighted by Gasteiger charge is -2.20. The van der Waals surface area contributed by atoms with E-state index in [0.717, 1.165) is 5.69 Å². The Hall–Kier alpha value is -1.69. The fourth-order valence-electron chi connectivity index (χ4n) is 1.52. The molecule has 6 heteroatoms. The van der Waals surface area contributed by atoms with Gasteiger partial charge in [-0.25, -0.2) is 4.98 Å². The second-order valence-corrected chi connectivity index (χ2v) is 4.75. The predicted molar refractivity (Wildman–Crippen MR) is 76.6 cm³/mol. The Morgan fingerprint density at radius 3 is 2.61 bits per heavy atom. The minimum atomic E-state index is -0.387. The zero-order valence-electron chi connectivity index (χ0n) is 11.0. The van der Waals surface area contributed by atoms with Gasteiger partial charge in [-0.3, -0.25) is 4.79 Å². The first-order valence-electron chi connectivity index (χ1n) is 5.58. The highest BCUT2D eigenvalue weighted by atomic mass is 32.1. The largest absolute Gasteiger partial charge is 0.389 e. The number of likely N-dealkylation sites (N-methyl/N-ethyl adjacent to an activating group) is 1. The Morgan fingerprint density at radius 2 is 2.11 bits per heavy atom. The van der Waals surface area contributed by atoms with Crippen LogP contribution >= 0.6 is 12.2 Å². The molecule has 1 amide bonds. The lowest BCUT2D eigenvalue weighted by molar-refractivity contribution is -0.129. The molecule has 0 saturated heterocycles. The van der Waals surface area contributed by atoms with Gasteiger partial charge in [-0.15, -0.1) is 0 Å². The molecule has 0 bridgehead atoms. The van der Waals surface area contributed by atoms with E-state index in [-0.39, 0.29) is 16.9 Å². The third-order valence-corrected chi connectivity index (χ3v) is 2.68. The number of carbonyl (C=O) groups is 1. The van der Waals surface area contributed by atoms with Gasteiger partial charge in [-0.2, -0.15) is 0 Å². The average molecular weight is 266 g/mol. The van der Waals surface area contributed by atoms with Gasteiger partial charge in [0.05, 0.1) is 5.56 Å². The van der Waals surface area contributed by atoms with E-state index in [1.54, 1.807) is 27.1 Å². The van der Waals surface area contributed by atoms with Gasteiger partial charge >= 0.3 is 0 Å². The molecule has 0 aliphatic carbocycles. The summed E-state index contributed by atoms with van der Waals surface area (Å²) >= 11 is 4.97. The van der Waals surface area contributed by atoms with E-state index < -0.39 is 0 Å². The van der Waals surface area contributed by atoms with Crippen LogP contribution in [0.25, 0.3) is 0 Å². The van der Waals surface area contributed by atoms with Crippen molar-refractivity contribution in [3.05, 3.63) is 23.4 Å². The Morgan fingerprint density at radius 1 is 1.50 bits per heavy atom. The fraction of sp³-hybridized carbons (Fsp3) is 0.417. The lowest BCUT2D eigenvalue weighted by atomic mass is 10.2. The van der Waals surface area contributed by atoms with Crippen molar-refractivity contribution < 1.29 is 4.79 Å². The van der Waals surface area contributed by atoms with E-state index in [1.807, 2.05) is 13.0 Å². The Labute approximate surface area is 112 Å². The maximum Gasteiger partial charge on any atom is 0.244 e. The summed E-state index contributed by atoms with van der Waals surface area (Å²) in [5, 5.41) is 3.04. The quantitative estimate of drug-likeness (QED) is 0.793. The highest BCUT2D eigenvalue weighted by Gasteiger charge is 2.17. The molecule has 0 spiro atoms. The normalized spacial score (nSPS) is 11.8. The van der Waals surface area contributed by atoms with Crippen LogP contribution in [0.15, 0.2) is 12.1 Å². The van der Waals surface area contributed by atoms with Crippen LogP contribution in [-0.2, 0) is 4.79 Å². The van der Waals surface area contributed by atoms with Gasteiger partial charge in [-0.1, -0.05) is 12.2 Å². The van der Waals surface area contributed by atoms with Crippen LogP contribution in [0.3, 0.4) is 0 Å². The van der Waals surface area contributed by atoms with Crippen LogP contribution in [0.5, 0.6) is 0 Å². The number of nitrogens with one attached hydrogen (secondary N) is 1. The molecule has 3 N–H and O–H groups in total. The Kier molecular flexibility index (Phi) is 4.61. The summed E-state index contributed by atoms with van der Waals surface area (Å²) in [7, 11) is 3.41. The van der Waals surface area contributed by atoms with Crippen LogP contribution in [0, 0.1) is 6.92 Å². The molecule has 0 aliphatic rings. The zero-order chi connectivity index (χ0) is 13.9. The topological polar surface area (TPSA) is 71.2 Å². The van der Waals surface area contributed by atoms with Crippen LogP contribution in [-0.4, -0.2) is 40.9 Å². The van der Waals surface area contributed by atoms with Gasteiger partial charge < -0.3 is 16.0 Å². The van der Waals surface area contributed by atoms with Crippen molar-refractivity contribution in [3.8, 4) is 0 Å². The molecule has 0 aromatic carbocycles. The van der Waals surface area contributed by atoms with Crippen molar-refractivity contribution in [2.75, 3.05) is 19.4 Å². The highest BCUT2D eigenvalue weighted by molar-refractivity contribution is 7.80. The summed E-state index contributed by atoms with van der Waals surface area (Å²) in [4.78, 5) is 17.9. The van der Waals surface area contributed by atoms with E-state index in [9.17, 15) is 4.79 Å². The van der Waals surface area contributed by atoms with Gasteiger partial charge in [0, 0.05) is 19.8 Å². The Bertz CT molecular complexity index is 473. The van der Waals surface area contributed by atoms with E-state index in [1.165, 1.54) is 4.90 Å². The molecular weight excluding hydrogens is 248 g/mol. The molecule has 98 valence electrons. The first kappa shape index (κ1) is 14.4. The average Bonchev–Trinajstić information content (AvgIpc) is 2.27. The number of amides is 1. The van der Waals surface area contributed by atoms with Crippen LogP contribution in [0.4, 0.5) is 5.82 Å². The van der Waals surface area contributed by atoms with Crippen molar-refractivity contribution in [2.45, 2.75) is 19.9 Å². The minimum absolute atomic E-state index is 0.0350. The van der Waals surface area contributed by atoms with Crippen LogP contribution in [0.2, 0.25) is 0 Å². The molecule has 1 heterocycles. The number of aryl methyl sites for hydroxylation is 1. The van der Waals surface area contributed by atoms with Gasteiger partial charge in [0.15, 0.2) is 0 Å². The molecule has 0 fully saturated rings. The smallest absolute Gasteiger partial charge is 0.244 e. The molecule has 18 heavy (non-hydrogen) atoms. The SMILES string of the molecule is Cc1ccc(C(N)=S)c(NC(C)C(=O)N(C)C)n1. The molecule has 5 nitrogen and oxygen atoms in total. The molecule has 1 aromatic rings. The molecule has 1 aromatic heterocycles. The third-order valence-electron chi connectivity index (χ3n) is 2.46. The number of nitrogens with zero attached hydrogens (tertiary/aromatic N) is 2. The van der Waals surface area contributed by atoms with E-state index in [4.69, 9.17) is 18.0 Å². The van der Waals surface area contributed by atoms with E-state index >= 15 is 0 Å². The number of nitrogens with two attached hydrogens (primary N) is 1. The number of pyridine rings is 1. The maximum atomic E-state index is 11.8. The first-order valence-corrected chi connectivity index (χ1v) is 5.99. The minimum Gasteiger partial charge on any atom is -0.389 e. The molecule has 0 saturated carbocycles. The maximum absolute atomic E-state index is 11.8. The molecular formula is C12H18N4OS. The number of rotatable bonds is 4. The number of thiocarbonyl (C=S) groups is 1. The van der Waals surface area contributed by atoms with Crippen molar-refractivity contribution in [1.29, 1.82) is 0 Å². The number of hydrogen-bond donors (Lipinski definition) is 2. The monoisotopic (exact) mass is 266 g/mol. The lowest BCUT2D eigenvalue weighted by Crippen LogP contribution is -2.37. The van der Waals surface area contributed by atoms with Crippen molar-refractivity contribution in [3.63, 3.8) is 0 Å². The Balaban J connectivity index is 2.99. The van der Waals surface area contributed by atoms with Crippen LogP contribution < -0.4 is 11.1 Å². The number of aromatic nitrogens is 1. The van der Waals surface area contributed by atoms with E-state index in [0.29, 0.717) is 11.4 Å². The third kappa shape index (κ3) is 3.40. The molecule has 0 aliphatic heterocycles. The van der Waals surface area contributed by atoms with Gasteiger partial charge in [0.1, 0.15) is 16.8 Å². The van der Waals surface area contributed by atoms with E-state index in [2.05, 4.69) is 10.3 Å². The standard InChI is InChI=1S/C12H18N4OS/c1-7-5-6-9(10(13)18)11(14-7)15-8(2)12(17)16(3)4/h5-6,8H,1-4H3,(H2,13,18)(H,14,15). The summed E-state index contributed by atoms with van der Waals surface area (Å²) in [6, 6.07) is 3.25. The second kappa shape index (κ2) is 5.77. The van der Waals surface area contributed by atoms with Crippen LogP contribution in [0.1, 0.15) is 18.2 Å². The zero-order valence-corrected chi connectivity index (χ0v) is 11.8. The molecule has 0 radical (unpaired) electrons. The molecule has 1 unspecified atom stereocenters.